The van der Waals surface area contributed by atoms with Gasteiger partial charge in [-0.15, -0.1) is 0 Å². The largest absolute Gasteiger partial charge is 0.422 e. The standard InChI is InChI=1S/C24H17ClN2O3S/c1-14-6-7-16(19-12-17-4-2-3-5-21(17)30-23(19)29)13-20(14)26-24(31)27-22(28)15-8-10-18(25)11-9-15/h2-13H,1H3,(H2,26,27,28,31). The molecule has 0 aliphatic rings. The van der Waals surface area contributed by atoms with E-state index in [1.165, 1.54) is 0 Å². The van der Waals surface area contributed by atoms with Gasteiger partial charge in [-0.2, -0.15) is 0 Å². The van der Waals surface area contributed by atoms with Crippen molar-refractivity contribution in [2.75, 3.05) is 5.32 Å². The summed E-state index contributed by atoms with van der Waals surface area (Å²) in [5.41, 5.74) is 3.24. The van der Waals surface area contributed by atoms with Crippen molar-refractivity contribution < 1.29 is 9.21 Å². The van der Waals surface area contributed by atoms with Gasteiger partial charge >= 0.3 is 5.63 Å². The number of halogens is 1. The Morgan fingerprint density at radius 3 is 2.52 bits per heavy atom. The molecule has 0 saturated carbocycles. The van der Waals surface area contributed by atoms with Gasteiger partial charge in [0.25, 0.3) is 5.91 Å². The summed E-state index contributed by atoms with van der Waals surface area (Å²) >= 11 is 11.2. The minimum Gasteiger partial charge on any atom is -0.422 e. The maximum Gasteiger partial charge on any atom is 0.344 e. The molecular formula is C24H17ClN2O3S. The van der Waals surface area contributed by atoms with E-state index >= 15 is 0 Å². The summed E-state index contributed by atoms with van der Waals surface area (Å²) in [5, 5.41) is 7.19. The molecule has 0 radical (unpaired) electrons. The summed E-state index contributed by atoms with van der Waals surface area (Å²) < 4.78 is 5.44. The van der Waals surface area contributed by atoms with Gasteiger partial charge in [0.2, 0.25) is 0 Å². The third kappa shape index (κ3) is 4.66. The summed E-state index contributed by atoms with van der Waals surface area (Å²) in [5.74, 6) is -0.349. The summed E-state index contributed by atoms with van der Waals surface area (Å²) in [6, 6.07) is 21.2. The Balaban J connectivity index is 1.57. The number of hydrogen-bond donors (Lipinski definition) is 2. The minimum atomic E-state index is -0.424. The lowest BCUT2D eigenvalue weighted by Gasteiger charge is -2.13. The van der Waals surface area contributed by atoms with Gasteiger partial charge in [0.05, 0.1) is 5.56 Å². The second kappa shape index (κ2) is 8.71. The van der Waals surface area contributed by atoms with Gasteiger partial charge in [-0.25, -0.2) is 4.79 Å². The van der Waals surface area contributed by atoms with E-state index in [0.29, 0.717) is 33.0 Å². The van der Waals surface area contributed by atoms with Crippen molar-refractivity contribution in [2.24, 2.45) is 0 Å². The van der Waals surface area contributed by atoms with Gasteiger partial charge in [0, 0.05) is 21.7 Å². The van der Waals surface area contributed by atoms with Crippen LogP contribution >= 0.6 is 23.8 Å². The first-order valence-electron chi connectivity index (χ1n) is 9.42. The number of carbonyl (C=O) groups excluding carboxylic acids is 1. The zero-order valence-corrected chi connectivity index (χ0v) is 18.0. The molecule has 3 aromatic carbocycles. The first kappa shape index (κ1) is 20.8. The third-order valence-corrected chi connectivity index (χ3v) is 5.23. The zero-order chi connectivity index (χ0) is 22.0. The van der Waals surface area contributed by atoms with Gasteiger partial charge in [0.15, 0.2) is 5.11 Å². The van der Waals surface area contributed by atoms with E-state index in [0.717, 1.165) is 10.9 Å². The fraction of sp³-hybridized carbons (Fsp3) is 0.0417. The van der Waals surface area contributed by atoms with Crippen molar-refractivity contribution in [3.05, 3.63) is 99.4 Å². The number of para-hydroxylation sites is 1. The molecule has 1 heterocycles. The minimum absolute atomic E-state index is 0.144. The maximum absolute atomic E-state index is 12.5. The van der Waals surface area contributed by atoms with Crippen LogP contribution in [0.1, 0.15) is 15.9 Å². The number of rotatable bonds is 3. The number of carbonyl (C=O) groups is 1. The highest BCUT2D eigenvalue weighted by atomic mass is 35.5. The van der Waals surface area contributed by atoms with E-state index in [1.807, 2.05) is 37.3 Å². The predicted molar refractivity (Wildman–Crippen MR) is 128 cm³/mol. The highest BCUT2D eigenvalue weighted by Gasteiger charge is 2.12. The Labute approximate surface area is 188 Å². The highest BCUT2D eigenvalue weighted by molar-refractivity contribution is 7.80. The summed E-state index contributed by atoms with van der Waals surface area (Å²) in [6.07, 6.45) is 0. The Hall–Kier alpha value is -3.48. The molecule has 4 rings (SSSR count). The number of amides is 1. The van der Waals surface area contributed by atoms with Crippen molar-refractivity contribution in [2.45, 2.75) is 6.92 Å². The van der Waals surface area contributed by atoms with Gasteiger partial charge in [-0.1, -0.05) is 41.9 Å². The first-order valence-corrected chi connectivity index (χ1v) is 10.2. The molecule has 1 amide bonds. The van der Waals surface area contributed by atoms with Crippen LogP contribution < -0.4 is 16.3 Å². The number of benzene rings is 3. The lowest BCUT2D eigenvalue weighted by Crippen LogP contribution is -2.34. The molecule has 154 valence electrons. The zero-order valence-electron chi connectivity index (χ0n) is 16.4. The number of thiocarbonyl (C=S) groups is 1. The molecule has 0 saturated heterocycles. The highest BCUT2D eigenvalue weighted by Crippen LogP contribution is 2.26. The van der Waals surface area contributed by atoms with Crippen LogP contribution in [-0.2, 0) is 0 Å². The van der Waals surface area contributed by atoms with Crippen LogP contribution in [0.5, 0.6) is 0 Å². The van der Waals surface area contributed by atoms with E-state index in [4.69, 9.17) is 28.2 Å². The Morgan fingerprint density at radius 2 is 1.74 bits per heavy atom. The molecule has 5 nitrogen and oxygen atoms in total. The molecule has 0 atom stereocenters. The fourth-order valence-corrected chi connectivity index (χ4v) is 3.45. The first-order chi connectivity index (χ1) is 14.9. The number of aryl methyl sites for hydroxylation is 1. The van der Waals surface area contributed by atoms with E-state index < -0.39 is 5.63 Å². The second-order valence-electron chi connectivity index (χ2n) is 6.93. The Morgan fingerprint density at radius 1 is 1.00 bits per heavy atom. The monoisotopic (exact) mass is 448 g/mol. The van der Waals surface area contributed by atoms with Crippen LogP contribution in [-0.4, -0.2) is 11.0 Å². The van der Waals surface area contributed by atoms with Crippen molar-refractivity contribution in [1.29, 1.82) is 0 Å². The molecule has 4 aromatic rings. The quantitative estimate of drug-likeness (QED) is 0.317. The molecule has 0 aliphatic heterocycles. The number of nitrogens with one attached hydrogen (secondary N) is 2. The van der Waals surface area contributed by atoms with E-state index in [2.05, 4.69) is 10.6 Å². The van der Waals surface area contributed by atoms with Crippen molar-refractivity contribution in [3.63, 3.8) is 0 Å². The van der Waals surface area contributed by atoms with E-state index in [9.17, 15) is 9.59 Å². The second-order valence-corrected chi connectivity index (χ2v) is 7.77. The number of anilines is 1. The summed E-state index contributed by atoms with van der Waals surface area (Å²) in [6.45, 7) is 1.90. The fourth-order valence-electron chi connectivity index (χ4n) is 3.12. The average Bonchev–Trinajstić information content (AvgIpc) is 2.75. The van der Waals surface area contributed by atoms with Gasteiger partial charge in [0.1, 0.15) is 5.58 Å². The molecule has 31 heavy (non-hydrogen) atoms. The SMILES string of the molecule is Cc1ccc(-c2cc3ccccc3oc2=O)cc1NC(=S)NC(=O)c1ccc(Cl)cc1. The van der Waals surface area contributed by atoms with Gasteiger partial charge in [-0.3, -0.25) is 10.1 Å². The van der Waals surface area contributed by atoms with Crippen LogP contribution in [0.4, 0.5) is 5.69 Å². The molecule has 0 aliphatic carbocycles. The lowest BCUT2D eigenvalue weighted by atomic mass is 10.0. The summed E-state index contributed by atoms with van der Waals surface area (Å²) in [4.78, 5) is 24.9. The molecule has 1 aromatic heterocycles. The van der Waals surface area contributed by atoms with E-state index in [1.54, 1.807) is 42.5 Å². The molecule has 0 unspecified atom stereocenters. The molecule has 7 heteroatoms. The topological polar surface area (TPSA) is 71.3 Å². The van der Waals surface area contributed by atoms with Crippen molar-refractivity contribution >= 4 is 51.5 Å². The molecule has 2 N–H and O–H groups in total. The summed E-state index contributed by atoms with van der Waals surface area (Å²) in [7, 11) is 0. The van der Waals surface area contributed by atoms with Crippen LogP contribution in [0.15, 0.2) is 82.0 Å². The van der Waals surface area contributed by atoms with E-state index in [-0.39, 0.29) is 11.0 Å². The smallest absolute Gasteiger partial charge is 0.344 e. The Kier molecular flexibility index (Phi) is 5.84. The normalized spacial score (nSPS) is 10.6. The van der Waals surface area contributed by atoms with Crippen molar-refractivity contribution in [3.8, 4) is 11.1 Å². The number of hydrogen-bond acceptors (Lipinski definition) is 4. The van der Waals surface area contributed by atoms with Gasteiger partial charge < -0.3 is 9.73 Å². The van der Waals surface area contributed by atoms with Crippen LogP contribution in [0.2, 0.25) is 5.02 Å². The molecule has 0 spiro atoms. The van der Waals surface area contributed by atoms with Crippen molar-refractivity contribution in [1.82, 2.24) is 5.32 Å². The Bertz CT molecular complexity index is 1360. The van der Waals surface area contributed by atoms with Gasteiger partial charge in [-0.05, 0) is 72.7 Å². The maximum atomic E-state index is 12.5. The number of fused-ring (bicyclic) bond motifs is 1. The lowest BCUT2D eigenvalue weighted by molar-refractivity contribution is 0.0977. The third-order valence-electron chi connectivity index (χ3n) is 4.77. The van der Waals surface area contributed by atoms with Crippen LogP contribution in [0, 0.1) is 6.92 Å². The molecular weight excluding hydrogens is 432 g/mol. The predicted octanol–water partition coefficient (Wildman–Crippen LogP) is 5.55. The average molecular weight is 449 g/mol. The van der Waals surface area contributed by atoms with Crippen LogP contribution in [0.25, 0.3) is 22.1 Å². The molecule has 0 fully saturated rings. The molecule has 0 bridgehead atoms. The van der Waals surface area contributed by atoms with Crippen LogP contribution in [0.3, 0.4) is 0 Å².